The molecule has 0 aromatic rings. The van der Waals surface area contributed by atoms with E-state index in [1.165, 1.54) is 12.8 Å². The molecule has 4 nitrogen and oxygen atoms in total. The molecule has 0 aliphatic heterocycles. The predicted molar refractivity (Wildman–Crippen MR) is 53.5 cm³/mol. The molecule has 4 heteroatoms. The molecule has 0 aromatic heterocycles. The van der Waals surface area contributed by atoms with Gasteiger partial charge >= 0.3 is 6.16 Å². The van der Waals surface area contributed by atoms with Crippen LogP contribution in [0.15, 0.2) is 0 Å². The summed E-state index contributed by atoms with van der Waals surface area (Å²) in [6.45, 7) is 2.48. The van der Waals surface area contributed by atoms with Crippen molar-refractivity contribution in [2.24, 2.45) is 0 Å². The van der Waals surface area contributed by atoms with Crippen LogP contribution in [0.4, 0.5) is 4.79 Å². The first kappa shape index (κ1) is 13.2. The van der Waals surface area contributed by atoms with E-state index < -0.39 is 6.16 Å². The van der Waals surface area contributed by atoms with Crippen molar-refractivity contribution in [3.63, 3.8) is 0 Å². The van der Waals surface area contributed by atoms with Crippen molar-refractivity contribution >= 4 is 6.16 Å². The van der Waals surface area contributed by atoms with E-state index in [-0.39, 0.29) is 6.10 Å². The second-order valence-electron chi connectivity index (χ2n) is 3.31. The minimum atomic E-state index is -1.22. The summed E-state index contributed by atoms with van der Waals surface area (Å²) in [5.74, 6) is 0. The summed E-state index contributed by atoms with van der Waals surface area (Å²) in [6, 6.07) is 0. The smallest absolute Gasteiger partial charge is 0.450 e. The maximum Gasteiger partial charge on any atom is 0.506 e. The van der Waals surface area contributed by atoms with Gasteiger partial charge in [0.2, 0.25) is 0 Å². The Labute approximate surface area is 85.2 Å². The Morgan fingerprint density at radius 1 is 1.36 bits per heavy atom. The Hall–Kier alpha value is -0.770. The molecular weight excluding hydrogens is 184 g/mol. The molecule has 84 valence electrons. The monoisotopic (exact) mass is 204 g/mol. The minimum Gasteiger partial charge on any atom is -0.450 e. The van der Waals surface area contributed by atoms with Crippen LogP contribution in [0.5, 0.6) is 0 Å². The number of ether oxygens (including phenoxy) is 2. The lowest BCUT2D eigenvalue weighted by atomic mass is 10.1. The van der Waals surface area contributed by atoms with E-state index in [2.05, 4.69) is 11.7 Å². The van der Waals surface area contributed by atoms with Gasteiger partial charge in [-0.15, -0.1) is 0 Å². The van der Waals surface area contributed by atoms with Crippen molar-refractivity contribution in [3.05, 3.63) is 0 Å². The largest absolute Gasteiger partial charge is 0.506 e. The van der Waals surface area contributed by atoms with Crippen LogP contribution in [0, 0.1) is 0 Å². The summed E-state index contributed by atoms with van der Waals surface area (Å²) >= 11 is 0. The molecule has 0 radical (unpaired) electrons. The summed E-state index contributed by atoms with van der Waals surface area (Å²) in [5.41, 5.74) is 0. The van der Waals surface area contributed by atoms with Crippen LogP contribution in [-0.4, -0.2) is 31.1 Å². The summed E-state index contributed by atoms with van der Waals surface area (Å²) in [5, 5.41) is 8.44. The number of unbranched alkanes of at least 4 members (excludes halogenated alkanes) is 3. The van der Waals surface area contributed by atoms with Gasteiger partial charge < -0.3 is 14.6 Å². The zero-order valence-electron chi connectivity index (χ0n) is 8.99. The molecule has 1 unspecified atom stereocenters. The molecule has 0 amide bonds. The number of hydrogen-bond acceptors (Lipinski definition) is 3. The van der Waals surface area contributed by atoms with Gasteiger partial charge in [0.05, 0.1) is 6.61 Å². The van der Waals surface area contributed by atoms with E-state index >= 15 is 0 Å². The van der Waals surface area contributed by atoms with Gasteiger partial charge in [-0.3, -0.25) is 0 Å². The second kappa shape index (κ2) is 8.81. The first-order chi connectivity index (χ1) is 6.70. The Kier molecular flexibility index (Phi) is 8.33. The Morgan fingerprint density at radius 3 is 2.57 bits per heavy atom. The number of carboxylic acid groups (broad SMARTS) is 1. The molecule has 14 heavy (non-hydrogen) atoms. The van der Waals surface area contributed by atoms with Crippen LogP contribution >= 0.6 is 0 Å². The quantitative estimate of drug-likeness (QED) is 0.488. The third-order valence-electron chi connectivity index (χ3n) is 2.00. The van der Waals surface area contributed by atoms with E-state index in [4.69, 9.17) is 9.84 Å². The fourth-order valence-electron chi connectivity index (χ4n) is 1.30. The van der Waals surface area contributed by atoms with Crippen molar-refractivity contribution < 1.29 is 19.4 Å². The highest BCUT2D eigenvalue weighted by Crippen LogP contribution is 2.08. The molecule has 0 bridgehead atoms. The van der Waals surface area contributed by atoms with Gasteiger partial charge in [-0.1, -0.05) is 26.2 Å². The van der Waals surface area contributed by atoms with E-state index in [1.807, 2.05) is 0 Å². The third-order valence-corrected chi connectivity index (χ3v) is 2.00. The zero-order valence-corrected chi connectivity index (χ0v) is 8.99. The maximum absolute atomic E-state index is 10.3. The van der Waals surface area contributed by atoms with E-state index in [1.54, 1.807) is 7.11 Å². The van der Waals surface area contributed by atoms with Crippen molar-refractivity contribution in [1.82, 2.24) is 0 Å². The Morgan fingerprint density at radius 2 is 2.07 bits per heavy atom. The number of hydrogen-bond donors (Lipinski definition) is 1. The lowest BCUT2D eigenvalue weighted by Crippen LogP contribution is -2.22. The topological polar surface area (TPSA) is 55.8 Å². The Balaban J connectivity index is 3.56. The summed E-state index contributed by atoms with van der Waals surface area (Å²) in [7, 11) is 1.55. The minimum absolute atomic E-state index is 0.311. The fourth-order valence-corrected chi connectivity index (χ4v) is 1.30. The van der Waals surface area contributed by atoms with Crippen molar-refractivity contribution in [3.8, 4) is 0 Å². The van der Waals surface area contributed by atoms with E-state index in [9.17, 15) is 4.79 Å². The lowest BCUT2D eigenvalue weighted by Gasteiger charge is -2.14. The fraction of sp³-hybridized carbons (Fsp3) is 0.900. The lowest BCUT2D eigenvalue weighted by molar-refractivity contribution is 0.00725. The first-order valence-electron chi connectivity index (χ1n) is 5.09. The zero-order chi connectivity index (χ0) is 10.8. The van der Waals surface area contributed by atoms with Crippen LogP contribution in [0.2, 0.25) is 0 Å². The van der Waals surface area contributed by atoms with Gasteiger partial charge in [0.15, 0.2) is 0 Å². The highest BCUT2D eigenvalue weighted by atomic mass is 16.7. The van der Waals surface area contributed by atoms with Crippen LogP contribution in [0.3, 0.4) is 0 Å². The van der Waals surface area contributed by atoms with Gasteiger partial charge in [-0.2, -0.15) is 0 Å². The van der Waals surface area contributed by atoms with Gasteiger partial charge in [-0.25, -0.2) is 4.79 Å². The summed E-state index contributed by atoms with van der Waals surface area (Å²) in [4.78, 5) is 10.3. The molecule has 0 aromatic carbocycles. The molecule has 0 aliphatic carbocycles. The van der Waals surface area contributed by atoms with Gasteiger partial charge in [0.1, 0.15) is 6.10 Å². The average Bonchev–Trinajstić information content (AvgIpc) is 2.12. The second-order valence-corrected chi connectivity index (χ2v) is 3.31. The van der Waals surface area contributed by atoms with Crippen molar-refractivity contribution in [2.45, 2.75) is 45.1 Å². The predicted octanol–water partition coefficient (Wildman–Crippen LogP) is 2.67. The van der Waals surface area contributed by atoms with Gasteiger partial charge in [-0.05, 0) is 12.8 Å². The van der Waals surface area contributed by atoms with E-state index in [0.717, 1.165) is 19.3 Å². The Bertz CT molecular complexity index is 147. The van der Waals surface area contributed by atoms with E-state index in [0.29, 0.717) is 6.61 Å². The third kappa shape index (κ3) is 7.86. The molecule has 0 saturated carbocycles. The van der Waals surface area contributed by atoms with Crippen molar-refractivity contribution in [2.75, 3.05) is 13.7 Å². The van der Waals surface area contributed by atoms with Gasteiger partial charge in [0, 0.05) is 7.11 Å². The highest BCUT2D eigenvalue weighted by molar-refractivity contribution is 5.57. The summed E-state index contributed by atoms with van der Waals surface area (Å²) < 4.78 is 9.54. The van der Waals surface area contributed by atoms with Crippen LogP contribution < -0.4 is 0 Å². The van der Waals surface area contributed by atoms with Crippen LogP contribution in [-0.2, 0) is 9.47 Å². The molecule has 0 rings (SSSR count). The molecule has 1 atom stereocenters. The molecule has 0 saturated heterocycles. The van der Waals surface area contributed by atoms with Crippen molar-refractivity contribution in [1.29, 1.82) is 0 Å². The number of carbonyl (C=O) groups is 1. The normalized spacial score (nSPS) is 12.4. The SMILES string of the molecule is CCCCCCC(COC)OC(=O)O. The number of methoxy groups -OCH3 is 1. The van der Waals surface area contributed by atoms with Gasteiger partial charge in [0.25, 0.3) is 0 Å². The van der Waals surface area contributed by atoms with Crippen LogP contribution in [0.1, 0.15) is 39.0 Å². The molecular formula is C10H20O4. The maximum atomic E-state index is 10.3. The molecule has 1 N–H and O–H groups in total. The standard InChI is InChI=1S/C10H20O4/c1-3-4-5-6-7-9(8-13-2)14-10(11)12/h9H,3-8H2,1-2H3,(H,11,12). The highest BCUT2D eigenvalue weighted by Gasteiger charge is 2.12. The molecule has 0 aliphatic rings. The molecule has 0 spiro atoms. The molecule has 0 heterocycles. The summed E-state index contributed by atoms with van der Waals surface area (Å²) in [6.07, 6.45) is 3.70. The first-order valence-corrected chi connectivity index (χ1v) is 5.09. The van der Waals surface area contributed by atoms with Crippen LogP contribution in [0.25, 0.3) is 0 Å². The average molecular weight is 204 g/mol. The molecule has 0 fully saturated rings. The number of rotatable bonds is 8.